The van der Waals surface area contributed by atoms with Gasteiger partial charge in [-0.1, -0.05) is 29.3 Å². The molecule has 0 unspecified atom stereocenters. The van der Waals surface area contributed by atoms with Crippen molar-refractivity contribution in [3.63, 3.8) is 0 Å². The maximum atomic E-state index is 12.9. The summed E-state index contributed by atoms with van der Waals surface area (Å²) in [6, 6.07) is 5.87. The molecule has 0 N–H and O–H groups in total. The van der Waals surface area contributed by atoms with Crippen molar-refractivity contribution in [2.75, 3.05) is 51.3 Å². The molecule has 0 spiro atoms. The fraction of sp³-hybridized carbons (Fsp3) is 0.583. The molecule has 36 heavy (non-hydrogen) atoms. The molecule has 1 aromatic carbocycles. The molecule has 2 atom stereocenters. The van der Waals surface area contributed by atoms with Crippen molar-refractivity contribution in [3.8, 4) is 0 Å². The molecule has 2 bridgehead atoms. The first-order valence-electron chi connectivity index (χ1n) is 11.7. The molecule has 1 fully saturated rings. The summed E-state index contributed by atoms with van der Waals surface area (Å²) in [5.74, 6) is 0.572. The van der Waals surface area contributed by atoms with Gasteiger partial charge in [0.1, 0.15) is 0 Å². The number of nitrogens with zero attached hydrogens (tertiary/aromatic N) is 3. The first-order chi connectivity index (χ1) is 17.4. The van der Waals surface area contributed by atoms with Crippen molar-refractivity contribution in [2.24, 2.45) is 4.99 Å². The van der Waals surface area contributed by atoms with Crippen LogP contribution in [0.1, 0.15) is 31.2 Å². The van der Waals surface area contributed by atoms with Gasteiger partial charge in [0, 0.05) is 31.7 Å². The van der Waals surface area contributed by atoms with Crippen LogP contribution in [0.4, 0.5) is 0 Å². The molecule has 0 amide bonds. The number of ether oxygens (including phenoxy) is 1. The SMILES string of the molecule is COC(=O)C1=C(c2ccc(Cl)c(Cl)c2)C[C@@H]2CC[C@H]1N2CCCN(CC[S-])CC([O-])=NCC[S-].[O]=[99Tc+3]. The molecule has 2 heterocycles. The van der Waals surface area contributed by atoms with E-state index >= 15 is 0 Å². The summed E-state index contributed by atoms with van der Waals surface area (Å²) in [5, 5.41) is 13.0. The van der Waals surface area contributed by atoms with Crippen molar-refractivity contribution < 1.29 is 37.0 Å². The van der Waals surface area contributed by atoms with Gasteiger partial charge in [-0.05, 0) is 67.9 Å². The summed E-state index contributed by atoms with van der Waals surface area (Å²) < 4.78 is 13.4. The molecule has 0 aliphatic carbocycles. The third-order valence-electron chi connectivity index (χ3n) is 6.45. The van der Waals surface area contributed by atoms with E-state index in [2.05, 4.69) is 14.8 Å². The molecule has 0 aromatic heterocycles. The van der Waals surface area contributed by atoms with Gasteiger partial charge in [0.2, 0.25) is 0 Å². The Balaban J connectivity index is 0.00000222. The van der Waals surface area contributed by atoms with Crippen molar-refractivity contribution in [1.29, 1.82) is 0 Å². The van der Waals surface area contributed by atoms with Crippen LogP contribution in [0.2, 0.25) is 10.0 Å². The van der Waals surface area contributed by atoms with E-state index in [4.69, 9.17) is 56.7 Å². The van der Waals surface area contributed by atoms with E-state index in [-0.39, 0.29) is 24.5 Å². The number of benzene rings is 1. The summed E-state index contributed by atoms with van der Waals surface area (Å²) >= 11 is 23.3. The van der Waals surface area contributed by atoms with Crippen molar-refractivity contribution >= 4 is 65.9 Å². The zero-order chi connectivity index (χ0) is 26.7. The Morgan fingerprint density at radius 1 is 1.22 bits per heavy atom. The molecule has 12 heteroatoms. The van der Waals surface area contributed by atoms with Gasteiger partial charge in [-0.2, -0.15) is 11.5 Å². The number of aliphatic imine (C=N–C) groups is 1. The summed E-state index contributed by atoms with van der Waals surface area (Å²) in [4.78, 5) is 21.3. The Hall–Kier alpha value is -0.451. The van der Waals surface area contributed by atoms with Crippen molar-refractivity contribution in [3.05, 3.63) is 39.4 Å². The first-order valence-corrected chi connectivity index (χ1v) is 14.3. The molecular weight excluding hydrogens is 628 g/mol. The van der Waals surface area contributed by atoms with Gasteiger partial charge >= 0.3 is 28.3 Å². The molecule has 1 saturated heterocycles. The van der Waals surface area contributed by atoms with Gasteiger partial charge < -0.3 is 45.0 Å². The van der Waals surface area contributed by atoms with E-state index in [1.807, 2.05) is 12.1 Å². The van der Waals surface area contributed by atoms with E-state index in [9.17, 15) is 9.90 Å². The predicted octanol–water partition coefficient (Wildman–Crippen LogP) is 2.58. The predicted molar refractivity (Wildman–Crippen MR) is 142 cm³/mol. The van der Waals surface area contributed by atoms with Crippen molar-refractivity contribution in [2.45, 2.75) is 37.8 Å². The fourth-order valence-corrected chi connectivity index (χ4v) is 5.61. The molecule has 2 aliphatic heterocycles. The van der Waals surface area contributed by atoms with Gasteiger partial charge in [-0.3, -0.25) is 4.90 Å². The fourth-order valence-electron chi connectivity index (χ4n) is 4.96. The number of halogens is 2. The van der Waals surface area contributed by atoms with Crippen LogP contribution in [0.5, 0.6) is 0 Å². The minimum absolute atomic E-state index is 0.00624. The number of hydrogen-bond donors (Lipinski definition) is 0. The van der Waals surface area contributed by atoms with Gasteiger partial charge in [0.25, 0.3) is 0 Å². The molecule has 2 aliphatic rings. The zero-order valence-corrected chi connectivity index (χ0v) is 25.1. The Morgan fingerprint density at radius 2 is 1.97 bits per heavy atom. The third-order valence-corrected chi connectivity index (χ3v) is 7.55. The van der Waals surface area contributed by atoms with Crippen LogP contribution >= 0.6 is 23.2 Å². The average Bonchev–Trinajstić information content (AvgIpc) is 3.15. The normalized spacial score (nSPS) is 19.9. The number of esters is 1. The number of rotatable bonds is 12. The van der Waals surface area contributed by atoms with Crippen LogP contribution in [0.25, 0.3) is 5.57 Å². The van der Waals surface area contributed by atoms with E-state index in [0.717, 1.165) is 74.3 Å². The average molecular weight is 658 g/mol. The van der Waals surface area contributed by atoms with E-state index < -0.39 is 0 Å². The van der Waals surface area contributed by atoms with Crippen LogP contribution in [-0.4, -0.2) is 85.1 Å². The summed E-state index contributed by atoms with van der Waals surface area (Å²) in [6.07, 6.45) is 3.55. The molecule has 3 rings (SSSR count). The number of fused-ring (bicyclic) bond motifs is 2. The van der Waals surface area contributed by atoms with E-state index in [0.29, 0.717) is 40.7 Å². The second-order valence-corrected chi connectivity index (χ2v) is 10.1. The van der Waals surface area contributed by atoms with Gasteiger partial charge in [-0.25, -0.2) is 4.79 Å². The van der Waals surface area contributed by atoms with Crippen LogP contribution in [0.3, 0.4) is 0 Å². The minimum atomic E-state index is -0.293. The molecule has 0 radical (unpaired) electrons. The van der Waals surface area contributed by atoms with Crippen LogP contribution in [-0.2, 0) is 57.1 Å². The second-order valence-electron chi connectivity index (χ2n) is 8.52. The molecular formula is C24H30Cl2N3O4S2Tc. The number of hydrogen-bond acceptors (Lipinski definition) is 9. The molecule has 0 saturated carbocycles. The number of carbonyl (C=O) groups excluding carboxylic acids is 1. The Bertz CT molecular complexity index is 954. The number of methoxy groups -OCH3 is 1. The van der Waals surface area contributed by atoms with Crippen LogP contribution in [0, 0.1) is 0 Å². The molecule has 7 nitrogen and oxygen atoms in total. The summed E-state index contributed by atoms with van der Waals surface area (Å²) in [7, 11) is 1.42. The van der Waals surface area contributed by atoms with Gasteiger partial charge in [0.15, 0.2) is 0 Å². The summed E-state index contributed by atoms with van der Waals surface area (Å²) in [6.45, 7) is 2.91. The van der Waals surface area contributed by atoms with Crippen LogP contribution < -0.4 is 5.11 Å². The van der Waals surface area contributed by atoms with E-state index in [1.165, 1.54) is 7.11 Å². The maximum absolute atomic E-state index is 12.9. The topological polar surface area (TPSA) is 85.3 Å². The molecule has 198 valence electrons. The van der Waals surface area contributed by atoms with Gasteiger partial charge in [0.05, 0.1) is 22.7 Å². The Labute approximate surface area is 244 Å². The van der Waals surface area contributed by atoms with Gasteiger partial charge in [-0.15, -0.1) is 0 Å². The number of carbonyl (C=O) groups is 1. The zero-order valence-electron chi connectivity index (χ0n) is 20.1. The molecule has 1 aromatic rings. The quantitative estimate of drug-likeness (QED) is 0.147. The Morgan fingerprint density at radius 3 is 2.61 bits per heavy atom. The van der Waals surface area contributed by atoms with Crippen LogP contribution in [0.15, 0.2) is 28.8 Å². The van der Waals surface area contributed by atoms with Crippen molar-refractivity contribution in [1.82, 2.24) is 9.80 Å². The second kappa shape index (κ2) is 16.5. The first kappa shape index (κ1) is 31.8. The Kier molecular flexibility index (Phi) is 14.6. The third kappa shape index (κ3) is 8.53. The van der Waals surface area contributed by atoms with E-state index in [1.54, 1.807) is 6.07 Å². The summed E-state index contributed by atoms with van der Waals surface area (Å²) in [5.41, 5.74) is 2.63. The monoisotopic (exact) mass is 657 g/mol. The standard InChI is InChI=1S/C24H33Cl2N3O3S2.O.Tc/c1-32-24(31)23-18(16-3-5-19(25)20(26)13-16)14-17-4-6-21(23)29(17)9-2-8-28(10-12-34)15-22(30)27-7-11-33;;/h3,5,13,17,21,33-34H,2,4,6-12,14-15H2,1H3,(H,27,30);;/q;;+3/p-3/t17-,21+;;/m0../s1/i;;1+1.